The normalized spacial score (nSPS) is 11.4. The van der Waals surface area contributed by atoms with Crippen LogP contribution in [0.25, 0.3) is 0 Å². The molecule has 19 heavy (non-hydrogen) atoms. The van der Waals surface area contributed by atoms with E-state index < -0.39 is 12.6 Å². The lowest BCUT2D eigenvalue weighted by Gasteiger charge is -2.07. The maximum Gasteiger partial charge on any atom is 0.389 e. The summed E-state index contributed by atoms with van der Waals surface area (Å²) in [6.07, 6.45) is -3.18. The molecule has 0 aliphatic heterocycles. The molecular weight excluding hydrogens is 259 g/mol. The molecule has 1 heterocycles. The van der Waals surface area contributed by atoms with Crippen molar-refractivity contribution in [1.29, 1.82) is 0 Å². The summed E-state index contributed by atoms with van der Waals surface area (Å²) in [4.78, 5) is 15.6. The number of halogens is 3. The number of carbonyl (C=O) groups is 1. The first kappa shape index (κ1) is 15.4. The highest BCUT2D eigenvalue weighted by Crippen LogP contribution is 2.21. The van der Waals surface area contributed by atoms with E-state index in [-0.39, 0.29) is 25.4 Å². The van der Waals surface area contributed by atoms with Crippen molar-refractivity contribution in [2.45, 2.75) is 32.0 Å². The van der Waals surface area contributed by atoms with Gasteiger partial charge in [-0.2, -0.15) is 13.2 Å². The van der Waals surface area contributed by atoms with Crippen LogP contribution in [0.15, 0.2) is 18.3 Å². The van der Waals surface area contributed by atoms with Crippen LogP contribution in [-0.4, -0.2) is 23.6 Å². The summed E-state index contributed by atoms with van der Waals surface area (Å²) < 4.78 is 35.7. The quantitative estimate of drug-likeness (QED) is 0.780. The SMILES string of the molecule is NCc1cc(C(=O)NCCCCC(F)(F)F)ccn1. The van der Waals surface area contributed by atoms with Crippen LogP contribution in [0.2, 0.25) is 0 Å². The predicted octanol–water partition coefficient (Wildman–Crippen LogP) is 2.00. The van der Waals surface area contributed by atoms with Gasteiger partial charge in [-0.05, 0) is 25.0 Å². The van der Waals surface area contributed by atoms with Crippen LogP contribution < -0.4 is 11.1 Å². The van der Waals surface area contributed by atoms with Gasteiger partial charge in [0.05, 0.1) is 5.69 Å². The average molecular weight is 275 g/mol. The Hall–Kier alpha value is -1.63. The van der Waals surface area contributed by atoms with Crippen molar-refractivity contribution in [2.24, 2.45) is 5.73 Å². The second-order valence-electron chi connectivity index (χ2n) is 4.07. The third-order valence-corrected chi connectivity index (χ3v) is 2.46. The maximum atomic E-state index is 11.9. The zero-order valence-electron chi connectivity index (χ0n) is 10.3. The van der Waals surface area contributed by atoms with Crippen LogP contribution in [0.4, 0.5) is 13.2 Å². The predicted molar refractivity (Wildman–Crippen MR) is 64.4 cm³/mol. The number of pyridine rings is 1. The molecule has 0 aliphatic rings. The Morgan fingerprint density at radius 3 is 2.74 bits per heavy atom. The number of alkyl halides is 3. The van der Waals surface area contributed by atoms with Crippen molar-refractivity contribution < 1.29 is 18.0 Å². The molecule has 106 valence electrons. The fourth-order valence-corrected chi connectivity index (χ4v) is 1.49. The lowest BCUT2D eigenvalue weighted by atomic mass is 10.2. The zero-order valence-corrected chi connectivity index (χ0v) is 10.3. The minimum Gasteiger partial charge on any atom is -0.352 e. The minimum atomic E-state index is -4.13. The summed E-state index contributed by atoms with van der Waals surface area (Å²) in [6.45, 7) is 0.446. The molecule has 0 bridgehead atoms. The van der Waals surface area contributed by atoms with Gasteiger partial charge in [0.2, 0.25) is 0 Å². The third kappa shape index (κ3) is 6.19. The summed E-state index contributed by atoms with van der Waals surface area (Å²) >= 11 is 0. The van der Waals surface area contributed by atoms with Gasteiger partial charge in [0, 0.05) is 31.3 Å². The lowest BCUT2D eigenvalue weighted by molar-refractivity contribution is -0.135. The first-order valence-electron chi connectivity index (χ1n) is 5.92. The fourth-order valence-electron chi connectivity index (χ4n) is 1.49. The number of unbranched alkanes of at least 4 members (excludes halogenated alkanes) is 1. The number of nitrogens with zero attached hydrogens (tertiary/aromatic N) is 1. The number of carbonyl (C=O) groups excluding carboxylic acids is 1. The monoisotopic (exact) mass is 275 g/mol. The summed E-state index contributed by atoms with van der Waals surface area (Å²) in [6, 6.07) is 3.09. The molecule has 1 amide bonds. The highest BCUT2D eigenvalue weighted by Gasteiger charge is 2.25. The molecule has 7 heteroatoms. The number of hydrogen-bond acceptors (Lipinski definition) is 3. The molecule has 0 unspecified atom stereocenters. The van der Waals surface area contributed by atoms with Crippen LogP contribution in [0.3, 0.4) is 0 Å². The van der Waals surface area contributed by atoms with E-state index >= 15 is 0 Å². The molecule has 1 rings (SSSR count). The number of nitrogens with one attached hydrogen (secondary N) is 1. The molecule has 0 atom stereocenters. The molecule has 0 aliphatic carbocycles. The second-order valence-corrected chi connectivity index (χ2v) is 4.07. The molecule has 0 aromatic carbocycles. The Morgan fingerprint density at radius 1 is 1.37 bits per heavy atom. The van der Waals surface area contributed by atoms with E-state index in [9.17, 15) is 18.0 Å². The number of nitrogens with two attached hydrogens (primary N) is 1. The van der Waals surface area contributed by atoms with Crippen LogP contribution in [0.5, 0.6) is 0 Å². The van der Waals surface area contributed by atoms with E-state index in [1.165, 1.54) is 12.3 Å². The second kappa shape index (κ2) is 7.08. The van der Waals surface area contributed by atoms with E-state index in [0.717, 1.165) is 0 Å². The molecular formula is C12H16F3N3O. The minimum absolute atomic E-state index is 0.00811. The Kier molecular flexibility index (Phi) is 5.75. The van der Waals surface area contributed by atoms with Gasteiger partial charge >= 0.3 is 6.18 Å². The molecule has 0 saturated carbocycles. The van der Waals surface area contributed by atoms with Crippen LogP contribution in [-0.2, 0) is 6.54 Å². The van der Waals surface area contributed by atoms with E-state index in [0.29, 0.717) is 17.7 Å². The summed E-state index contributed by atoms with van der Waals surface area (Å²) in [5.74, 6) is -0.330. The Bertz CT molecular complexity index is 421. The highest BCUT2D eigenvalue weighted by atomic mass is 19.4. The van der Waals surface area contributed by atoms with E-state index in [2.05, 4.69) is 10.3 Å². The van der Waals surface area contributed by atoms with Gasteiger partial charge in [-0.25, -0.2) is 0 Å². The van der Waals surface area contributed by atoms with E-state index in [1.54, 1.807) is 6.07 Å². The number of hydrogen-bond donors (Lipinski definition) is 2. The van der Waals surface area contributed by atoms with Gasteiger partial charge in [-0.1, -0.05) is 0 Å². The molecule has 0 spiro atoms. The summed E-state index contributed by atoms with van der Waals surface area (Å²) in [5, 5.41) is 2.56. The fraction of sp³-hybridized carbons (Fsp3) is 0.500. The Labute approximate surface area is 109 Å². The molecule has 0 saturated heterocycles. The highest BCUT2D eigenvalue weighted by molar-refractivity contribution is 5.94. The van der Waals surface area contributed by atoms with Crippen molar-refractivity contribution >= 4 is 5.91 Å². The van der Waals surface area contributed by atoms with Gasteiger partial charge in [0.15, 0.2) is 0 Å². The maximum absolute atomic E-state index is 11.9. The standard InChI is InChI=1S/C12H16F3N3O/c13-12(14,15)4-1-2-5-18-11(19)9-3-6-17-10(7-9)8-16/h3,6-7H,1-2,4-5,8,16H2,(H,18,19). The Balaban J connectivity index is 2.31. The smallest absolute Gasteiger partial charge is 0.352 e. The molecule has 3 N–H and O–H groups in total. The van der Waals surface area contributed by atoms with Crippen molar-refractivity contribution in [1.82, 2.24) is 10.3 Å². The van der Waals surface area contributed by atoms with E-state index in [1.807, 2.05) is 0 Å². The molecule has 1 aromatic heterocycles. The average Bonchev–Trinajstić information content (AvgIpc) is 2.37. The van der Waals surface area contributed by atoms with Crippen molar-refractivity contribution in [3.63, 3.8) is 0 Å². The largest absolute Gasteiger partial charge is 0.389 e. The van der Waals surface area contributed by atoms with Gasteiger partial charge in [-0.15, -0.1) is 0 Å². The van der Waals surface area contributed by atoms with Crippen LogP contribution in [0.1, 0.15) is 35.3 Å². The number of aromatic nitrogens is 1. The summed E-state index contributed by atoms with van der Waals surface area (Å²) in [7, 11) is 0. The zero-order chi connectivity index (χ0) is 14.3. The molecule has 4 nitrogen and oxygen atoms in total. The summed E-state index contributed by atoms with van der Waals surface area (Å²) in [5.41, 5.74) is 6.39. The van der Waals surface area contributed by atoms with Gasteiger partial charge in [0.25, 0.3) is 5.91 Å². The molecule has 1 aromatic rings. The van der Waals surface area contributed by atoms with E-state index in [4.69, 9.17) is 5.73 Å². The van der Waals surface area contributed by atoms with Crippen LogP contribution in [0, 0.1) is 0 Å². The van der Waals surface area contributed by atoms with Gasteiger partial charge in [-0.3, -0.25) is 9.78 Å². The molecule has 0 radical (unpaired) electrons. The Morgan fingerprint density at radius 2 is 2.11 bits per heavy atom. The van der Waals surface area contributed by atoms with Gasteiger partial charge in [0.1, 0.15) is 0 Å². The van der Waals surface area contributed by atoms with Gasteiger partial charge < -0.3 is 11.1 Å². The number of rotatable bonds is 6. The van der Waals surface area contributed by atoms with Crippen LogP contribution >= 0.6 is 0 Å². The van der Waals surface area contributed by atoms with Crippen molar-refractivity contribution in [2.75, 3.05) is 6.54 Å². The first-order chi connectivity index (χ1) is 8.92. The molecule has 0 fully saturated rings. The third-order valence-electron chi connectivity index (χ3n) is 2.46. The van der Waals surface area contributed by atoms with Crippen molar-refractivity contribution in [3.8, 4) is 0 Å². The number of amides is 1. The van der Waals surface area contributed by atoms with Crippen molar-refractivity contribution in [3.05, 3.63) is 29.6 Å². The lowest BCUT2D eigenvalue weighted by Crippen LogP contribution is -2.25. The topological polar surface area (TPSA) is 68.0 Å². The first-order valence-corrected chi connectivity index (χ1v) is 5.92.